The van der Waals surface area contributed by atoms with Crippen LogP contribution in [0.2, 0.25) is 0 Å². The molecular formula is C14H18Br2N2OS. The average molecular weight is 422 g/mol. The molecule has 0 aliphatic rings. The lowest BCUT2D eigenvalue weighted by Crippen LogP contribution is -2.21. The van der Waals surface area contributed by atoms with Gasteiger partial charge in [-0.1, -0.05) is 13.8 Å². The predicted octanol–water partition coefficient (Wildman–Crippen LogP) is 5.11. The van der Waals surface area contributed by atoms with E-state index in [1.807, 2.05) is 12.3 Å². The standard InChI is InChI=1S/C14H18Br2N2OS/c1-9(2)7-17-5-3-4-13-18-8-11(19-13)12-6-10(15)14(16)20-12/h6,8-9,17H,3-5,7H2,1-2H3. The third-order valence-electron chi connectivity index (χ3n) is 2.74. The molecule has 2 aromatic rings. The molecule has 0 saturated heterocycles. The molecule has 0 fully saturated rings. The summed E-state index contributed by atoms with van der Waals surface area (Å²) in [5.74, 6) is 2.34. The maximum Gasteiger partial charge on any atom is 0.194 e. The van der Waals surface area contributed by atoms with E-state index in [1.165, 1.54) is 0 Å². The Balaban J connectivity index is 1.83. The van der Waals surface area contributed by atoms with Crippen LogP contribution in [0.15, 0.2) is 24.9 Å². The summed E-state index contributed by atoms with van der Waals surface area (Å²) in [5.41, 5.74) is 0. The summed E-state index contributed by atoms with van der Waals surface area (Å²) in [6.45, 7) is 6.50. The van der Waals surface area contributed by atoms with Crippen LogP contribution in [0.5, 0.6) is 0 Å². The van der Waals surface area contributed by atoms with Gasteiger partial charge in [-0.3, -0.25) is 0 Å². The van der Waals surface area contributed by atoms with Crippen molar-refractivity contribution in [3.63, 3.8) is 0 Å². The first-order valence-electron chi connectivity index (χ1n) is 6.67. The highest BCUT2D eigenvalue weighted by Gasteiger charge is 2.11. The molecule has 0 amide bonds. The largest absolute Gasteiger partial charge is 0.440 e. The summed E-state index contributed by atoms with van der Waals surface area (Å²) in [6.07, 6.45) is 3.73. The first-order chi connectivity index (χ1) is 9.56. The molecule has 2 heterocycles. The Morgan fingerprint density at radius 3 is 2.85 bits per heavy atom. The number of hydrogen-bond acceptors (Lipinski definition) is 4. The van der Waals surface area contributed by atoms with Crippen LogP contribution in [0.3, 0.4) is 0 Å². The fraction of sp³-hybridized carbons (Fsp3) is 0.500. The summed E-state index contributed by atoms with van der Waals surface area (Å²) < 4.78 is 7.92. The van der Waals surface area contributed by atoms with Crippen molar-refractivity contribution < 1.29 is 4.42 Å². The Morgan fingerprint density at radius 2 is 2.20 bits per heavy atom. The fourth-order valence-electron chi connectivity index (χ4n) is 1.76. The van der Waals surface area contributed by atoms with Gasteiger partial charge < -0.3 is 9.73 Å². The van der Waals surface area contributed by atoms with Crippen LogP contribution in [0.25, 0.3) is 10.6 Å². The molecule has 0 unspecified atom stereocenters. The molecule has 110 valence electrons. The first kappa shape index (κ1) is 16.2. The minimum atomic E-state index is 0.694. The van der Waals surface area contributed by atoms with Crippen LogP contribution in [0, 0.1) is 5.92 Å². The molecule has 20 heavy (non-hydrogen) atoms. The zero-order valence-corrected chi connectivity index (χ0v) is 15.6. The zero-order chi connectivity index (χ0) is 14.5. The van der Waals surface area contributed by atoms with E-state index in [0.717, 1.165) is 50.7 Å². The molecule has 0 saturated carbocycles. The average Bonchev–Trinajstić information content (AvgIpc) is 2.97. The molecular weight excluding hydrogens is 404 g/mol. The molecule has 0 radical (unpaired) electrons. The lowest BCUT2D eigenvalue weighted by atomic mass is 10.2. The molecule has 6 heteroatoms. The van der Waals surface area contributed by atoms with Gasteiger partial charge in [0.1, 0.15) is 0 Å². The van der Waals surface area contributed by atoms with Gasteiger partial charge in [-0.15, -0.1) is 11.3 Å². The van der Waals surface area contributed by atoms with Crippen LogP contribution >= 0.6 is 43.2 Å². The second-order valence-electron chi connectivity index (χ2n) is 5.05. The highest BCUT2D eigenvalue weighted by Crippen LogP contribution is 2.38. The quantitative estimate of drug-likeness (QED) is 0.631. The summed E-state index contributed by atoms with van der Waals surface area (Å²) in [5, 5.41) is 3.42. The molecule has 2 aromatic heterocycles. The molecule has 2 rings (SSSR count). The monoisotopic (exact) mass is 420 g/mol. The number of oxazole rings is 1. The summed E-state index contributed by atoms with van der Waals surface area (Å²) in [7, 11) is 0. The fourth-order valence-corrected chi connectivity index (χ4v) is 3.75. The van der Waals surface area contributed by atoms with Crippen LogP contribution < -0.4 is 5.32 Å². The van der Waals surface area contributed by atoms with Crippen molar-refractivity contribution in [1.29, 1.82) is 0 Å². The Labute approximate surface area is 140 Å². The highest BCUT2D eigenvalue weighted by atomic mass is 79.9. The minimum Gasteiger partial charge on any atom is -0.440 e. The predicted molar refractivity (Wildman–Crippen MR) is 91.2 cm³/mol. The number of aromatic nitrogens is 1. The van der Waals surface area contributed by atoms with E-state index in [4.69, 9.17) is 4.42 Å². The van der Waals surface area contributed by atoms with Gasteiger partial charge in [-0.05, 0) is 63.4 Å². The summed E-state index contributed by atoms with van der Waals surface area (Å²) >= 11 is 8.62. The SMILES string of the molecule is CC(C)CNCCCc1ncc(-c2cc(Br)c(Br)s2)o1. The number of rotatable bonds is 7. The number of nitrogens with one attached hydrogen (secondary N) is 1. The van der Waals surface area contributed by atoms with Crippen molar-refractivity contribution in [3.05, 3.63) is 26.4 Å². The first-order valence-corrected chi connectivity index (χ1v) is 9.07. The summed E-state index contributed by atoms with van der Waals surface area (Å²) in [4.78, 5) is 5.43. The number of hydrogen-bond donors (Lipinski definition) is 1. The molecule has 0 aromatic carbocycles. The second kappa shape index (κ2) is 7.73. The molecule has 0 spiro atoms. The molecule has 1 N–H and O–H groups in total. The Morgan fingerprint density at radius 1 is 1.40 bits per heavy atom. The van der Waals surface area contributed by atoms with Crippen LogP contribution in [0.1, 0.15) is 26.2 Å². The molecule has 0 atom stereocenters. The Kier molecular flexibility index (Phi) is 6.26. The second-order valence-corrected chi connectivity index (χ2v) is 8.28. The van der Waals surface area contributed by atoms with E-state index in [1.54, 1.807) is 11.3 Å². The van der Waals surface area contributed by atoms with Crippen molar-refractivity contribution >= 4 is 43.2 Å². The number of halogens is 2. The molecule has 3 nitrogen and oxygen atoms in total. The molecule has 0 bridgehead atoms. The highest BCUT2D eigenvalue weighted by molar-refractivity contribution is 9.13. The lowest BCUT2D eigenvalue weighted by molar-refractivity contribution is 0.484. The van der Waals surface area contributed by atoms with E-state index in [0.29, 0.717) is 5.92 Å². The van der Waals surface area contributed by atoms with Gasteiger partial charge in [-0.25, -0.2) is 4.98 Å². The van der Waals surface area contributed by atoms with Gasteiger partial charge in [0.05, 0.1) is 14.9 Å². The molecule has 0 aliphatic carbocycles. The van der Waals surface area contributed by atoms with E-state index in [9.17, 15) is 0 Å². The van der Waals surface area contributed by atoms with Crippen molar-refractivity contribution in [3.8, 4) is 10.6 Å². The summed E-state index contributed by atoms with van der Waals surface area (Å²) in [6, 6.07) is 2.04. The number of nitrogens with zero attached hydrogens (tertiary/aromatic N) is 1. The van der Waals surface area contributed by atoms with Crippen molar-refractivity contribution in [2.45, 2.75) is 26.7 Å². The maximum absolute atomic E-state index is 5.80. The van der Waals surface area contributed by atoms with Crippen LogP contribution in [-0.2, 0) is 6.42 Å². The third-order valence-corrected chi connectivity index (χ3v) is 6.01. The molecule has 0 aliphatic heterocycles. The number of thiophene rings is 1. The smallest absolute Gasteiger partial charge is 0.194 e. The van der Waals surface area contributed by atoms with Gasteiger partial charge in [0, 0.05) is 10.9 Å². The van der Waals surface area contributed by atoms with E-state index < -0.39 is 0 Å². The van der Waals surface area contributed by atoms with E-state index >= 15 is 0 Å². The van der Waals surface area contributed by atoms with Gasteiger partial charge in [0.2, 0.25) is 0 Å². The van der Waals surface area contributed by atoms with Crippen molar-refractivity contribution in [1.82, 2.24) is 10.3 Å². The van der Waals surface area contributed by atoms with Crippen molar-refractivity contribution in [2.24, 2.45) is 5.92 Å². The van der Waals surface area contributed by atoms with Crippen LogP contribution in [0.4, 0.5) is 0 Å². The number of aryl methyl sites for hydroxylation is 1. The zero-order valence-electron chi connectivity index (χ0n) is 11.6. The van der Waals surface area contributed by atoms with Gasteiger partial charge in [0.15, 0.2) is 11.7 Å². The van der Waals surface area contributed by atoms with Crippen molar-refractivity contribution in [2.75, 3.05) is 13.1 Å². The topological polar surface area (TPSA) is 38.1 Å². The third kappa shape index (κ3) is 4.69. The van der Waals surface area contributed by atoms with Gasteiger partial charge >= 0.3 is 0 Å². The maximum atomic E-state index is 5.80. The Hall–Kier alpha value is -0.170. The van der Waals surface area contributed by atoms with Crippen LogP contribution in [-0.4, -0.2) is 18.1 Å². The van der Waals surface area contributed by atoms with E-state index in [-0.39, 0.29) is 0 Å². The van der Waals surface area contributed by atoms with Gasteiger partial charge in [0.25, 0.3) is 0 Å². The van der Waals surface area contributed by atoms with E-state index in [2.05, 4.69) is 56.0 Å². The minimum absolute atomic E-state index is 0.694. The lowest BCUT2D eigenvalue weighted by Gasteiger charge is -2.05. The normalized spacial score (nSPS) is 11.4. The van der Waals surface area contributed by atoms with Gasteiger partial charge in [-0.2, -0.15) is 0 Å². The Bertz CT molecular complexity index is 532.